The number of ether oxygens (including phenoxy) is 1. The largest absolute Gasteiger partial charge is 0.466 e. The van der Waals surface area contributed by atoms with Gasteiger partial charge in [-0.2, -0.15) is 0 Å². The van der Waals surface area contributed by atoms with Gasteiger partial charge in [-0.15, -0.1) is 0 Å². The van der Waals surface area contributed by atoms with Crippen molar-refractivity contribution in [1.29, 1.82) is 0 Å². The molecule has 0 bridgehead atoms. The standard InChI is InChI=1S/C12H15N3O2/c1-2-17-12(16)6-7-13-10-4-3-5-11-14-8-9-15(10)11/h3-5,8-9,13H,2,6-7H2,1H3. The van der Waals surface area contributed by atoms with Crippen molar-refractivity contribution in [3.63, 3.8) is 0 Å². The number of hydrogen-bond donors (Lipinski definition) is 1. The molecule has 0 saturated heterocycles. The van der Waals surface area contributed by atoms with Crippen molar-refractivity contribution in [1.82, 2.24) is 9.38 Å². The van der Waals surface area contributed by atoms with E-state index in [0.29, 0.717) is 19.6 Å². The van der Waals surface area contributed by atoms with E-state index in [4.69, 9.17) is 4.74 Å². The summed E-state index contributed by atoms with van der Waals surface area (Å²) in [4.78, 5) is 15.3. The first-order valence-corrected chi connectivity index (χ1v) is 5.63. The highest BCUT2D eigenvalue weighted by atomic mass is 16.5. The highest BCUT2D eigenvalue weighted by molar-refractivity contribution is 5.70. The molecule has 0 radical (unpaired) electrons. The lowest BCUT2D eigenvalue weighted by atomic mass is 10.4. The summed E-state index contributed by atoms with van der Waals surface area (Å²) >= 11 is 0. The fourth-order valence-electron chi connectivity index (χ4n) is 1.62. The monoisotopic (exact) mass is 233 g/mol. The van der Waals surface area contributed by atoms with Gasteiger partial charge in [0.25, 0.3) is 0 Å². The molecule has 2 rings (SSSR count). The van der Waals surface area contributed by atoms with Gasteiger partial charge in [0, 0.05) is 18.9 Å². The van der Waals surface area contributed by atoms with Crippen molar-refractivity contribution in [3.05, 3.63) is 30.6 Å². The van der Waals surface area contributed by atoms with Crippen LogP contribution in [0.5, 0.6) is 0 Å². The van der Waals surface area contributed by atoms with Gasteiger partial charge in [-0.05, 0) is 19.1 Å². The zero-order valence-corrected chi connectivity index (χ0v) is 9.72. The predicted molar refractivity (Wildman–Crippen MR) is 64.9 cm³/mol. The van der Waals surface area contributed by atoms with Crippen LogP contribution in [0.15, 0.2) is 30.6 Å². The first kappa shape index (κ1) is 11.4. The molecular formula is C12H15N3O2. The van der Waals surface area contributed by atoms with Crippen LogP contribution in [-0.2, 0) is 9.53 Å². The Kier molecular flexibility index (Phi) is 3.59. The number of esters is 1. The van der Waals surface area contributed by atoms with Gasteiger partial charge in [0.2, 0.25) is 0 Å². The van der Waals surface area contributed by atoms with Crippen LogP contribution in [0.25, 0.3) is 5.65 Å². The van der Waals surface area contributed by atoms with Crippen LogP contribution in [0.3, 0.4) is 0 Å². The molecular weight excluding hydrogens is 218 g/mol. The Bertz CT molecular complexity index is 507. The number of nitrogens with one attached hydrogen (secondary N) is 1. The maximum Gasteiger partial charge on any atom is 0.307 e. The second-order valence-electron chi connectivity index (χ2n) is 3.55. The smallest absolute Gasteiger partial charge is 0.307 e. The fraction of sp³-hybridized carbons (Fsp3) is 0.333. The number of fused-ring (bicyclic) bond motifs is 1. The Morgan fingerprint density at radius 1 is 1.53 bits per heavy atom. The lowest BCUT2D eigenvalue weighted by molar-refractivity contribution is -0.142. The second kappa shape index (κ2) is 5.34. The van der Waals surface area contributed by atoms with E-state index in [9.17, 15) is 4.79 Å². The topological polar surface area (TPSA) is 55.6 Å². The molecule has 0 spiro atoms. The van der Waals surface area contributed by atoms with Crippen LogP contribution >= 0.6 is 0 Å². The van der Waals surface area contributed by atoms with E-state index in [-0.39, 0.29) is 5.97 Å². The zero-order valence-electron chi connectivity index (χ0n) is 9.72. The van der Waals surface area contributed by atoms with Gasteiger partial charge in [-0.1, -0.05) is 6.07 Å². The quantitative estimate of drug-likeness (QED) is 0.799. The molecule has 0 aliphatic carbocycles. The molecule has 2 aromatic rings. The minimum atomic E-state index is -0.183. The predicted octanol–water partition coefficient (Wildman–Crippen LogP) is 1.70. The maximum atomic E-state index is 11.2. The van der Waals surface area contributed by atoms with E-state index < -0.39 is 0 Å². The van der Waals surface area contributed by atoms with Crippen LogP contribution in [0, 0.1) is 0 Å². The minimum absolute atomic E-state index is 0.183. The number of hydrogen-bond acceptors (Lipinski definition) is 4. The van der Waals surface area contributed by atoms with Gasteiger partial charge in [-0.3, -0.25) is 9.20 Å². The van der Waals surface area contributed by atoms with E-state index in [1.165, 1.54) is 0 Å². The summed E-state index contributed by atoms with van der Waals surface area (Å²) in [7, 11) is 0. The molecule has 2 heterocycles. The van der Waals surface area contributed by atoms with E-state index in [1.807, 2.05) is 28.8 Å². The SMILES string of the molecule is CCOC(=O)CCNc1cccc2nccn12. The van der Waals surface area contributed by atoms with E-state index >= 15 is 0 Å². The summed E-state index contributed by atoms with van der Waals surface area (Å²) in [6.45, 7) is 2.78. The van der Waals surface area contributed by atoms with Crippen LogP contribution in [0.2, 0.25) is 0 Å². The number of pyridine rings is 1. The first-order chi connectivity index (χ1) is 8.31. The highest BCUT2D eigenvalue weighted by Gasteiger charge is 2.03. The van der Waals surface area contributed by atoms with E-state index in [2.05, 4.69) is 10.3 Å². The lowest BCUT2D eigenvalue weighted by Crippen LogP contribution is -2.12. The van der Waals surface area contributed by atoms with E-state index in [0.717, 1.165) is 11.5 Å². The summed E-state index contributed by atoms with van der Waals surface area (Å²) in [6, 6.07) is 5.80. The van der Waals surface area contributed by atoms with Gasteiger partial charge < -0.3 is 10.1 Å². The number of nitrogens with zero attached hydrogens (tertiary/aromatic N) is 2. The summed E-state index contributed by atoms with van der Waals surface area (Å²) in [6.07, 6.45) is 3.98. The van der Waals surface area contributed by atoms with Gasteiger partial charge >= 0.3 is 5.97 Å². The van der Waals surface area contributed by atoms with Crippen LogP contribution in [0.1, 0.15) is 13.3 Å². The summed E-state index contributed by atoms with van der Waals surface area (Å²) < 4.78 is 6.79. The van der Waals surface area contributed by atoms with Crippen molar-refractivity contribution in [2.24, 2.45) is 0 Å². The van der Waals surface area contributed by atoms with Crippen molar-refractivity contribution < 1.29 is 9.53 Å². The van der Waals surface area contributed by atoms with Crippen molar-refractivity contribution in [2.45, 2.75) is 13.3 Å². The molecule has 5 nitrogen and oxygen atoms in total. The molecule has 0 fully saturated rings. The van der Waals surface area contributed by atoms with Gasteiger partial charge in [0.1, 0.15) is 11.5 Å². The Morgan fingerprint density at radius 3 is 3.24 bits per heavy atom. The van der Waals surface area contributed by atoms with Crippen LogP contribution in [-0.4, -0.2) is 28.5 Å². The lowest BCUT2D eigenvalue weighted by Gasteiger charge is -2.08. The number of carbonyl (C=O) groups excluding carboxylic acids is 1. The van der Waals surface area contributed by atoms with Gasteiger partial charge in [0.15, 0.2) is 0 Å². The second-order valence-corrected chi connectivity index (χ2v) is 3.55. The van der Waals surface area contributed by atoms with Crippen molar-refractivity contribution in [3.8, 4) is 0 Å². The Labute approximate surface area is 99.4 Å². The fourth-order valence-corrected chi connectivity index (χ4v) is 1.62. The van der Waals surface area contributed by atoms with Crippen LogP contribution in [0.4, 0.5) is 5.82 Å². The molecule has 0 aliphatic rings. The molecule has 2 aromatic heterocycles. The number of carbonyl (C=O) groups is 1. The molecule has 0 unspecified atom stereocenters. The molecule has 0 atom stereocenters. The molecule has 5 heteroatoms. The zero-order chi connectivity index (χ0) is 12.1. The number of aromatic nitrogens is 2. The third kappa shape index (κ3) is 2.75. The highest BCUT2D eigenvalue weighted by Crippen LogP contribution is 2.10. The molecule has 1 N–H and O–H groups in total. The molecule has 0 aliphatic heterocycles. The molecule has 17 heavy (non-hydrogen) atoms. The third-order valence-corrected chi connectivity index (χ3v) is 2.37. The number of anilines is 1. The van der Waals surface area contributed by atoms with Gasteiger partial charge in [0.05, 0.1) is 13.0 Å². The van der Waals surface area contributed by atoms with Crippen LogP contribution < -0.4 is 5.32 Å². The number of rotatable bonds is 5. The Balaban J connectivity index is 1.95. The maximum absolute atomic E-state index is 11.2. The minimum Gasteiger partial charge on any atom is -0.466 e. The summed E-state index contributed by atoms with van der Waals surface area (Å²) in [5.74, 6) is 0.738. The number of imidazole rings is 1. The third-order valence-electron chi connectivity index (χ3n) is 2.37. The Hall–Kier alpha value is -2.04. The Morgan fingerprint density at radius 2 is 2.41 bits per heavy atom. The average molecular weight is 233 g/mol. The molecule has 90 valence electrons. The molecule has 0 aromatic carbocycles. The van der Waals surface area contributed by atoms with Crippen molar-refractivity contribution in [2.75, 3.05) is 18.5 Å². The summed E-state index contributed by atoms with van der Waals surface area (Å²) in [5, 5.41) is 3.19. The average Bonchev–Trinajstić information content (AvgIpc) is 2.78. The summed E-state index contributed by atoms with van der Waals surface area (Å²) in [5.41, 5.74) is 0.881. The van der Waals surface area contributed by atoms with Gasteiger partial charge in [-0.25, -0.2) is 4.98 Å². The molecule has 0 saturated carbocycles. The van der Waals surface area contributed by atoms with Crippen molar-refractivity contribution >= 4 is 17.4 Å². The first-order valence-electron chi connectivity index (χ1n) is 5.63. The normalized spacial score (nSPS) is 10.4. The van der Waals surface area contributed by atoms with E-state index in [1.54, 1.807) is 13.1 Å². The molecule has 0 amide bonds.